The molecular formula is C14H12FNO4. The summed E-state index contributed by atoms with van der Waals surface area (Å²) < 4.78 is 24.0. The molecule has 1 aromatic carbocycles. The topological polar surface area (TPSA) is 57.5 Å². The summed E-state index contributed by atoms with van der Waals surface area (Å²) in [7, 11) is 2.50. The van der Waals surface area contributed by atoms with Crippen molar-refractivity contribution in [2.24, 2.45) is 0 Å². The van der Waals surface area contributed by atoms with Gasteiger partial charge in [-0.05, 0) is 18.2 Å². The number of hydrogen-bond donors (Lipinski definition) is 0. The number of fused-ring (bicyclic) bond motifs is 1. The average molecular weight is 277 g/mol. The van der Waals surface area contributed by atoms with Crippen LogP contribution in [0.4, 0.5) is 4.39 Å². The molecule has 2 rings (SSSR count). The Bertz CT molecular complexity index is 703. The molecule has 0 spiro atoms. The van der Waals surface area contributed by atoms with E-state index in [-0.39, 0.29) is 5.56 Å². The molecule has 20 heavy (non-hydrogen) atoms. The van der Waals surface area contributed by atoms with Gasteiger partial charge in [0.05, 0.1) is 25.3 Å². The summed E-state index contributed by atoms with van der Waals surface area (Å²) in [6.07, 6.45) is 4.09. The van der Waals surface area contributed by atoms with Gasteiger partial charge in [-0.2, -0.15) is 0 Å². The highest BCUT2D eigenvalue weighted by Gasteiger charge is 2.15. The molecule has 1 aromatic heterocycles. The molecule has 0 saturated heterocycles. The number of esters is 2. The molecule has 104 valence electrons. The molecule has 5 nitrogen and oxygen atoms in total. The van der Waals surface area contributed by atoms with E-state index in [1.54, 1.807) is 0 Å². The molecule has 0 saturated carbocycles. The SMILES string of the molecule is COC(=O)/C=C/n1cc(C(=O)OC)c2cc(F)ccc21. The lowest BCUT2D eigenvalue weighted by atomic mass is 10.2. The van der Waals surface area contributed by atoms with Crippen molar-refractivity contribution < 1.29 is 23.5 Å². The molecule has 2 aromatic rings. The number of carbonyl (C=O) groups excluding carboxylic acids is 2. The van der Waals surface area contributed by atoms with E-state index < -0.39 is 17.8 Å². The van der Waals surface area contributed by atoms with Gasteiger partial charge >= 0.3 is 11.9 Å². The molecule has 0 fully saturated rings. The number of nitrogens with zero attached hydrogens (tertiary/aromatic N) is 1. The maximum atomic E-state index is 13.3. The van der Waals surface area contributed by atoms with Crippen LogP contribution in [0.5, 0.6) is 0 Å². The van der Waals surface area contributed by atoms with Crippen LogP contribution in [0, 0.1) is 5.82 Å². The van der Waals surface area contributed by atoms with Crippen LogP contribution < -0.4 is 0 Å². The minimum absolute atomic E-state index is 0.219. The Labute approximate surface area is 114 Å². The van der Waals surface area contributed by atoms with Crippen molar-refractivity contribution in [3.63, 3.8) is 0 Å². The second-order valence-electron chi connectivity index (χ2n) is 3.94. The molecule has 0 aliphatic heterocycles. The van der Waals surface area contributed by atoms with E-state index >= 15 is 0 Å². The fourth-order valence-electron chi connectivity index (χ4n) is 1.83. The van der Waals surface area contributed by atoms with Crippen molar-refractivity contribution in [1.82, 2.24) is 4.57 Å². The third-order valence-corrected chi connectivity index (χ3v) is 2.77. The number of benzene rings is 1. The summed E-state index contributed by atoms with van der Waals surface area (Å²) in [5, 5.41) is 0.409. The third kappa shape index (κ3) is 2.54. The number of carbonyl (C=O) groups is 2. The normalized spacial score (nSPS) is 10.9. The lowest BCUT2D eigenvalue weighted by Crippen LogP contribution is -1.99. The molecule has 0 bridgehead atoms. The van der Waals surface area contributed by atoms with Crippen molar-refractivity contribution >= 4 is 29.0 Å². The Morgan fingerprint density at radius 3 is 2.65 bits per heavy atom. The van der Waals surface area contributed by atoms with Gasteiger partial charge in [0.2, 0.25) is 0 Å². The second-order valence-corrected chi connectivity index (χ2v) is 3.94. The first-order chi connectivity index (χ1) is 9.56. The molecule has 0 atom stereocenters. The highest BCUT2D eigenvalue weighted by atomic mass is 19.1. The van der Waals surface area contributed by atoms with Gasteiger partial charge in [0.25, 0.3) is 0 Å². The molecule has 0 aliphatic carbocycles. The maximum Gasteiger partial charge on any atom is 0.340 e. The number of ether oxygens (including phenoxy) is 2. The second kappa shape index (κ2) is 5.56. The quantitative estimate of drug-likeness (QED) is 0.637. The summed E-state index contributed by atoms with van der Waals surface area (Å²) in [5.41, 5.74) is 0.795. The van der Waals surface area contributed by atoms with Crippen molar-refractivity contribution in [3.8, 4) is 0 Å². The van der Waals surface area contributed by atoms with Crippen LogP contribution in [0.25, 0.3) is 17.1 Å². The fraction of sp³-hybridized carbons (Fsp3) is 0.143. The summed E-state index contributed by atoms with van der Waals surface area (Å²) in [4.78, 5) is 22.8. The van der Waals surface area contributed by atoms with Crippen molar-refractivity contribution in [3.05, 3.63) is 41.9 Å². The van der Waals surface area contributed by atoms with Gasteiger partial charge in [-0.25, -0.2) is 14.0 Å². The molecule has 0 N–H and O–H groups in total. The first-order valence-electron chi connectivity index (χ1n) is 5.71. The first kappa shape index (κ1) is 13.8. The summed E-state index contributed by atoms with van der Waals surface area (Å²) >= 11 is 0. The Morgan fingerprint density at radius 1 is 1.25 bits per heavy atom. The molecular weight excluding hydrogens is 265 g/mol. The van der Waals surface area contributed by atoms with Crippen LogP contribution in [-0.2, 0) is 14.3 Å². The number of rotatable bonds is 3. The largest absolute Gasteiger partial charge is 0.466 e. The monoisotopic (exact) mass is 277 g/mol. The summed E-state index contributed by atoms with van der Waals surface area (Å²) in [6.45, 7) is 0. The standard InChI is InChI=1S/C14H12FNO4/c1-19-13(17)5-6-16-8-11(14(18)20-2)10-7-9(15)3-4-12(10)16/h3-8H,1-2H3/b6-5+. The molecule has 0 aliphatic rings. The third-order valence-electron chi connectivity index (χ3n) is 2.77. The highest BCUT2D eigenvalue weighted by molar-refractivity contribution is 6.05. The van der Waals surface area contributed by atoms with Gasteiger partial charge in [-0.15, -0.1) is 0 Å². The number of hydrogen-bond acceptors (Lipinski definition) is 4. The maximum absolute atomic E-state index is 13.3. The van der Waals surface area contributed by atoms with E-state index in [1.807, 2.05) is 0 Å². The molecule has 0 unspecified atom stereocenters. The Hall–Kier alpha value is -2.63. The minimum atomic E-state index is -0.578. The van der Waals surface area contributed by atoms with Crippen LogP contribution >= 0.6 is 0 Å². The number of aromatic nitrogens is 1. The van der Waals surface area contributed by atoms with Crippen molar-refractivity contribution in [2.75, 3.05) is 14.2 Å². The Balaban J connectivity index is 2.58. The molecule has 0 amide bonds. The van der Waals surface area contributed by atoms with Crippen LogP contribution in [0.1, 0.15) is 10.4 Å². The van der Waals surface area contributed by atoms with Crippen molar-refractivity contribution in [1.29, 1.82) is 0 Å². The molecule has 6 heteroatoms. The Kier molecular flexibility index (Phi) is 3.84. The van der Waals surface area contributed by atoms with Crippen LogP contribution in [0.3, 0.4) is 0 Å². The Morgan fingerprint density at radius 2 is 2.00 bits per heavy atom. The van der Waals surface area contributed by atoms with Gasteiger partial charge in [-0.3, -0.25) is 0 Å². The van der Waals surface area contributed by atoms with Gasteiger partial charge in [0.15, 0.2) is 0 Å². The van der Waals surface area contributed by atoms with E-state index in [2.05, 4.69) is 9.47 Å². The van der Waals surface area contributed by atoms with E-state index in [0.29, 0.717) is 10.9 Å². The minimum Gasteiger partial charge on any atom is -0.466 e. The van der Waals surface area contributed by atoms with Crippen molar-refractivity contribution in [2.45, 2.75) is 0 Å². The van der Waals surface area contributed by atoms with E-state index in [0.717, 1.165) is 0 Å². The van der Waals surface area contributed by atoms with E-state index in [9.17, 15) is 14.0 Å². The fourth-order valence-corrected chi connectivity index (χ4v) is 1.83. The van der Waals surface area contributed by atoms with Crippen LogP contribution in [0.15, 0.2) is 30.5 Å². The highest BCUT2D eigenvalue weighted by Crippen LogP contribution is 2.23. The smallest absolute Gasteiger partial charge is 0.340 e. The molecule has 1 heterocycles. The van der Waals surface area contributed by atoms with Gasteiger partial charge < -0.3 is 14.0 Å². The summed E-state index contributed by atoms with van der Waals surface area (Å²) in [5.74, 6) is -1.57. The lowest BCUT2D eigenvalue weighted by molar-refractivity contribution is -0.134. The zero-order valence-electron chi connectivity index (χ0n) is 10.9. The first-order valence-corrected chi connectivity index (χ1v) is 5.71. The van der Waals surface area contributed by atoms with Gasteiger partial charge in [0, 0.05) is 23.9 Å². The molecule has 0 radical (unpaired) electrons. The van der Waals surface area contributed by atoms with Gasteiger partial charge in [-0.1, -0.05) is 0 Å². The predicted molar refractivity (Wildman–Crippen MR) is 70.6 cm³/mol. The number of halogens is 1. The van der Waals surface area contributed by atoms with Crippen LogP contribution in [0.2, 0.25) is 0 Å². The van der Waals surface area contributed by atoms with Crippen LogP contribution in [-0.4, -0.2) is 30.7 Å². The number of methoxy groups -OCH3 is 2. The zero-order chi connectivity index (χ0) is 14.7. The van der Waals surface area contributed by atoms with E-state index in [1.165, 1.54) is 55.5 Å². The van der Waals surface area contributed by atoms with Gasteiger partial charge in [0.1, 0.15) is 5.82 Å². The van der Waals surface area contributed by atoms with E-state index in [4.69, 9.17) is 0 Å². The summed E-state index contributed by atoms with van der Waals surface area (Å²) in [6, 6.07) is 4.02. The average Bonchev–Trinajstić information content (AvgIpc) is 2.81. The predicted octanol–water partition coefficient (Wildman–Crippen LogP) is 2.21. The zero-order valence-corrected chi connectivity index (χ0v) is 10.9. The lowest BCUT2D eigenvalue weighted by Gasteiger charge is -1.97.